The van der Waals surface area contributed by atoms with Crippen molar-refractivity contribution in [3.8, 4) is 0 Å². The van der Waals surface area contributed by atoms with Crippen LogP contribution in [0.3, 0.4) is 0 Å². The number of hydrogen-bond donors (Lipinski definition) is 2. The summed E-state index contributed by atoms with van der Waals surface area (Å²) in [5.41, 5.74) is 0. The fraction of sp³-hybridized carbons (Fsp3) is 0.400. The van der Waals surface area contributed by atoms with Gasteiger partial charge in [-0.25, -0.2) is 0 Å². The van der Waals surface area contributed by atoms with Crippen molar-refractivity contribution >= 4 is 17.3 Å². The number of aryl methyl sites for hydroxylation is 1. The molecular formula is C15H21N3OS. The summed E-state index contributed by atoms with van der Waals surface area (Å²) < 4.78 is 5.29. The lowest BCUT2D eigenvalue weighted by Crippen LogP contribution is -2.37. The van der Waals surface area contributed by atoms with Crippen molar-refractivity contribution in [3.05, 3.63) is 46.0 Å². The fourth-order valence-electron chi connectivity index (χ4n) is 1.86. The SMILES string of the molecule is CCc1ccc(CNC(=NC)NCCc2ccco2)s1. The molecule has 0 fully saturated rings. The van der Waals surface area contributed by atoms with Crippen LogP contribution < -0.4 is 10.6 Å². The number of hydrogen-bond acceptors (Lipinski definition) is 3. The molecule has 0 bridgehead atoms. The smallest absolute Gasteiger partial charge is 0.191 e. The van der Waals surface area contributed by atoms with E-state index in [4.69, 9.17) is 4.42 Å². The van der Waals surface area contributed by atoms with E-state index in [1.807, 2.05) is 23.5 Å². The molecule has 0 atom stereocenters. The first-order valence-electron chi connectivity index (χ1n) is 6.86. The Morgan fingerprint density at radius 2 is 2.10 bits per heavy atom. The van der Waals surface area contributed by atoms with Crippen molar-refractivity contribution in [2.24, 2.45) is 4.99 Å². The maximum Gasteiger partial charge on any atom is 0.191 e. The molecule has 2 heterocycles. The second-order valence-electron chi connectivity index (χ2n) is 4.40. The fourth-order valence-corrected chi connectivity index (χ4v) is 2.76. The van der Waals surface area contributed by atoms with Gasteiger partial charge in [0.1, 0.15) is 5.76 Å². The van der Waals surface area contributed by atoms with Gasteiger partial charge < -0.3 is 15.1 Å². The Morgan fingerprint density at radius 1 is 1.25 bits per heavy atom. The van der Waals surface area contributed by atoms with Crippen LogP contribution in [0.5, 0.6) is 0 Å². The number of nitrogens with zero attached hydrogens (tertiary/aromatic N) is 1. The molecule has 108 valence electrons. The monoisotopic (exact) mass is 291 g/mol. The van der Waals surface area contributed by atoms with Gasteiger partial charge in [-0.3, -0.25) is 4.99 Å². The number of rotatable bonds is 6. The van der Waals surface area contributed by atoms with E-state index in [9.17, 15) is 0 Å². The number of aliphatic imine (C=N–C) groups is 1. The lowest BCUT2D eigenvalue weighted by molar-refractivity contribution is 0.507. The van der Waals surface area contributed by atoms with Crippen molar-refractivity contribution in [1.82, 2.24) is 10.6 Å². The van der Waals surface area contributed by atoms with Crippen LogP contribution >= 0.6 is 11.3 Å². The Morgan fingerprint density at radius 3 is 2.75 bits per heavy atom. The molecule has 2 aromatic rings. The molecule has 2 aromatic heterocycles. The van der Waals surface area contributed by atoms with Crippen molar-refractivity contribution in [3.63, 3.8) is 0 Å². The van der Waals surface area contributed by atoms with Crippen LogP contribution in [0.1, 0.15) is 22.4 Å². The van der Waals surface area contributed by atoms with Gasteiger partial charge in [0.15, 0.2) is 5.96 Å². The molecule has 20 heavy (non-hydrogen) atoms. The van der Waals surface area contributed by atoms with Gasteiger partial charge >= 0.3 is 0 Å². The molecule has 2 rings (SSSR count). The third-order valence-corrected chi connectivity index (χ3v) is 4.19. The van der Waals surface area contributed by atoms with Gasteiger partial charge in [-0.05, 0) is 30.7 Å². The zero-order chi connectivity index (χ0) is 14.2. The molecule has 0 unspecified atom stereocenters. The normalized spacial score (nSPS) is 11.6. The third-order valence-electron chi connectivity index (χ3n) is 2.96. The standard InChI is InChI=1S/C15H21N3OS/c1-3-13-6-7-14(20-13)11-18-15(16-2)17-9-8-12-5-4-10-19-12/h4-7,10H,3,8-9,11H2,1-2H3,(H2,16,17,18). The largest absolute Gasteiger partial charge is 0.469 e. The molecule has 4 nitrogen and oxygen atoms in total. The van der Waals surface area contributed by atoms with E-state index in [-0.39, 0.29) is 0 Å². The average Bonchev–Trinajstić information content (AvgIpc) is 3.13. The van der Waals surface area contributed by atoms with Crippen molar-refractivity contribution in [1.29, 1.82) is 0 Å². The van der Waals surface area contributed by atoms with Crippen molar-refractivity contribution < 1.29 is 4.42 Å². The molecule has 5 heteroatoms. The van der Waals surface area contributed by atoms with Crippen LogP contribution in [0.25, 0.3) is 0 Å². The molecule has 0 saturated carbocycles. The highest BCUT2D eigenvalue weighted by Gasteiger charge is 2.02. The zero-order valence-electron chi connectivity index (χ0n) is 12.0. The number of furan rings is 1. The van der Waals surface area contributed by atoms with Gasteiger partial charge in [0, 0.05) is 29.8 Å². The van der Waals surface area contributed by atoms with Crippen LogP contribution in [-0.2, 0) is 19.4 Å². The van der Waals surface area contributed by atoms with Crippen LogP contribution in [0.2, 0.25) is 0 Å². The first-order chi connectivity index (χ1) is 9.81. The topological polar surface area (TPSA) is 49.6 Å². The highest BCUT2D eigenvalue weighted by atomic mass is 32.1. The Kier molecular flexibility index (Phi) is 5.68. The Balaban J connectivity index is 1.72. The van der Waals surface area contributed by atoms with E-state index in [1.165, 1.54) is 9.75 Å². The molecule has 0 radical (unpaired) electrons. The summed E-state index contributed by atoms with van der Waals surface area (Å²) in [7, 11) is 1.79. The van der Waals surface area contributed by atoms with E-state index >= 15 is 0 Å². The van der Waals surface area contributed by atoms with Crippen LogP contribution in [0.15, 0.2) is 39.9 Å². The number of guanidine groups is 1. The summed E-state index contributed by atoms with van der Waals surface area (Å²) in [5, 5.41) is 6.60. The maximum atomic E-state index is 5.29. The van der Waals surface area contributed by atoms with E-state index in [0.717, 1.165) is 37.7 Å². The summed E-state index contributed by atoms with van der Waals surface area (Å²) in [5.74, 6) is 1.81. The quantitative estimate of drug-likeness (QED) is 0.635. The lowest BCUT2D eigenvalue weighted by Gasteiger charge is -2.10. The van der Waals surface area contributed by atoms with Crippen LogP contribution in [0, 0.1) is 0 Å². The van der Waals surface area contributed by atoms with Gasteiger partial charge in [0.05, 0.1) is 12.8 Å². The first kappa shape index (κ1) is 14.7. The minimum Gasteiger partial charge on any atom is -0.469 e. The third kappa shape index (κ3) is 4.42. The van der Waals surface area contributed by atoms with E-state index in [1.54, 1.807) is 13.3 Å². The second kappa shape index (κ2) is 7.75. The Hall–Kier alpha value is -1.75. The first-order valence-corrected chi connectivity index (χ1v) is 7.68. The lowest BCUT2D eigenvalue weighted by atomic mass is 10.3. The molecule has 0 aliphatic carbocycles. The van der Waals surface area contributed by atoms with Gasteiger partial charge in [0.25, 0.3) is 0 Å². The highest BCUT2D eigenvalue weighted by molar-refractivity contribution is 7.11. The molecule has 0 spiro atoms. The zero-order valence-corrected chi connectivity index (χ0v) is 12.8. The summed E-state index contributed by atoms with van der Waals surface area (Å²) in [6, 6.07) is 8.25. The van der Waals surface area contributed by atoms with Crippen molar-refractivity contribution in [2.75, 3.05) is 13.6 Å². The summed E-state index contributed by atoms with van der Waals surface area (Å²) in [6.45, 7) is 3.79. The summed E-state index contributed by atoms with van der Waals surface area (Å²) in [4.78, 5) is 6.97. The summed E-state index contributed by atoms with van der Waals surface area (Å²) in [6.07, 6.45) is 3.65. The van der Waals surface area contributed by atoms with Gasteiger partial charge in [-0.2, -0.15) is 0 Å². The van der Waals surface area contributed by atoms with Gasteiger partial charge in [-0.1, -0.05) is 6.92 Å². The second-order valence-corrected chi connectivity index (χ2v) is 5.66. The molecule has 0 saturated heterocycles. The van der Waals surface area contributed by atoms with Gasteiger partial charge in [0.2, 0.25) is 0 Å². The van der Waals surface area contributed by atoms with E-state index in [2.05, 4.69) is 34.7 Å². The maximum absolute atomic E-state index is 5.29. The highest BCUT2D eigenvalue weighted by Crippen LogP contribution is 2.16. The van der Waals surface area contributed by atoms with Crippen LogP contribution in [0.4, 0.5) is 0 Å². The summed E-state index contributed by atoms with van der Waals surface area (Å²) >= 11 is 1.85. The Labute approximate surface area is 123 Å². The van der Waals surface area contributed by atoms with E-state index in [0.29, 0.717) is 0 Å². The molecule has 0 aliphatic rings. The molecule has 0 aliphatic heterocycles. The Bertz CT molecular complexity index is 531. The molecule has 0 aromatic carbocycles. The van der Waals surface area contributed by atoms with Crippen LogP contribution in [-0.4, -0.2) is 19.6 Å². The molecule has 2 N–H and O–H groups in total. The predicted molar refractivity (Wildman–Crippen MR) is 84.3 cm³/mol. The average molecular weight is 291 g/mol. The molecular weight excluding hydrogens is 270 g/mol. The minimum atomic E-state index is 0.803. The number of nitrogens with one attached hydrogen (secondary N) is 2. The minimum absolute atomic E-state index is 0.803. The molecule has 0 amide bonds. The van der Waals surface area contributed by atoms with Gasteiger partial charge in [-0.15, -0.1) is 11.3 Å². The predicted octanol–water partition coefficient (Wildman–Crippen LogP) is 2.81. The van der Waals surface area contributed by atoms with Crippen molar-refractivity contribution in [2.45, 2.75) is 26.3 Å². The number of thiophene rings is 1. The van der Waals surface area contributed by atoms with E-state index < -0.39 is 0 Å².